The first-order valence-electron chi connectivity index (χ1n) is 6.29. The van der Waals surface area contributed by atoms with E-state index in [1.54, 1.807) is 19.1 Å². The molecule has 0 spiro atoms. The average molecular weight is 254 g/mol. The van der Waals surface area contributed by atoms with Gasteiger partial charge in [-0.3, -0.25) is 9.59 Å². The lowest BCUT2D eigenvalue weighted by Gasteiger charge is -2.09. The van der Waals surface area contributed by atoms with Crippen molar-refractivity contribution in [1.82, 2.24) is 0 Å². The lowest BCUT2D eigenvalue weighted by Crippen LogP contribution is -2.09. The number of carbonyl (C=O) groups excluding carboxylic acids is 2. The van der Waals surface area contributed by atoms with Gasteiger partial charge in [0, 0.05) is 6.92 Å². The van der Waals surface area contributed by atoms with Crippen molar-refractivity contribution in [2.24, 2.45) is 0 Å². The lowest BCUT2D eigenvalue weighted by molar-refractivity contribution is -0.143. The van der Waals surface area contributed by atoms with E-state index in [0.717, 1.165) is 25.7 Å². The highest BCUT2D eigenvalue weighted by molar-refractivity contribution is 5.66. The number of unbranched alkanes of at least 4 members (excludes halogenated alkanes) is 2. The summed E-state index contributed by atoms with van der Waals surface area (Å²) in [6.07, 6.45) is 6.76. The van der Waals surface area contributed by atoms with Gasteiger partial charge in [0.1, 0.15) is 12.2 Å². The van der Waals surface area contributed by atoms with Gasteiger partial charge in [-0.05, 0) is 31.9 Å². The van der Waals surface area contributed by atoms with E-state index in [1.807, 2.05) is 0 Å². The number of ether oxygens (including phenoxy) is 2. The van der Waals surface area contributed by atoms with Crippen LogP contribution in [0.4, 0.5) is 0 Å². The molecule has 0 aliphatic rings. The summed E-state index contributed by atoms with van der Waals surface area (Å²) >= 11 is 0. The molecular weight excluding hydrogens is 232 g/mol. The number of hydrogen-bond acceptors (Lipinski definition) is 4. The Morgan fingerprint density at radius 1 is 1.33 bits per heavy atom. The van der Waals surface area contributed by atoms with Gasteiger partial charge in [0.2, 0.25) is 0 Å². The molecular formula is C14H22O4. The van der Waals surface area contributed by atoms with Crippen LogP contribution in [0.15, 0.2) is 17.9 Å². The highest BCUT2D eigenvalue weighted by Crippen LogP contribution is 2.07. The van der Waals surface area contributed by atoms with Crippen molar-refractivity contribution in [2.75, 3.05) is 0 Å². The van der Waals surface area contributed by atoms with Crippen molar-refractivity contribution in [3.63, 3.8) is 0 Å². The maximum atomic E-state index is 10.7. The second-order valence-corrected chi connectivity index (χ2v) is 4.08. The van der Waals surface area contributed by atoms with Gasteiger partial charge in [-0.2, -0.15) is 0 Å². The quantitative estimate of drug-likeness (QED) is 0.275. The molecule has 0 unspecified atom stereocenters. The van der Waals surface area contributed by atoms with Crippen LogP contribution in [0.2, 0.25) is 0 Å². The van der Waals surface area contributed by atoms with Crippen molar-refractivity contribution in [1.29, 1.82) is 0 Å². The van der Waals surface area contributed by atoms with Gasteiger partial charge in [0.15, 0.2) is 0 Å². The average Bonchev–Trinajstić information content (AvgIpc) is 2.28. The molecule has 0 aromatic rings. The fourth-order valence-electron chi connectivity index (χ4n) is 1.45. The van der Waals surface area contributed by atoms with Gasteiger partial charge in [-0.25, -0.2) is 0 Å². The van der Waals surface area contributed by atoms with Gasteiger partial charge in [0.05, 0.1) is 0 Å². The molecule has 0 fully saturated rings. The number of carbonyl (C=O) groups is 2. The molecule has 0 radical (unpaired) electrons. The first-order valence-corrected chi connectivity index (χ1v) is 6.29. The van der Waals surface area contributed by atoms with Crippen LogP contribution in [0.5, 0.6) is 0 Å². The number of esters is 1. The van der Waals surface area contributed by atoms with E-state index in [-0.39, 0.29) is 18.2 Å². The molecule has 0 saturated heterocycles. The molecule has 0 heterocycles. The Balaban J connectivity index is 4.23. The van der Waals surface area contributed by atoms with E-state index in [9.17, 15) is 9.59 Å². The molecule has 0 aromatic heterocycles. The Labute approximate surface area is 109 Å². The summed E-state index contributed by atoms with van der Waals surface area (Å²) in [5.41, 5.74) is 2.89. The van der Waals surface area contributed by atoms with E-state index < -0.39 is 0 Å². The van der Waals surface area contributed by atoms with Crippen molar-refractivity contribution < 1.29 is 19.1 Å². The Kier molecular flexibility index (Phi) is 9.70. The summed E-state index contributed by atoms with van der Waals surface area (Å²) in [5, 5.41) is 0. The zero-order valence-corrected chi connectivity index (χ0v) is 11.3. The van der Waals surface area contributed by atoms with E-state index in [2.05, 4.69) is 12.7 Å². The van der Waals surface area contributed by atoms with Gasteiger partial charge >= 0.3 is 5.97 Å². The summed E-state index contributed by atoms with van der Waals surface area (Å²) in [4.78, 5) is 21.0. The predicted molar refractivity (Wildman–Crippen MR) is 69.0 cm³/mol. The first-order chi connectivity index (χ1) is 8.60. The summed E-state index contributed by atoms with van der Waals surface area (Å²) in [7, 11) is 0. The summed E-state index contributed by atoms with van der Waals surface area (Å²) in [5.74, 6) is -0.329. The van der Waals surface area contributed by atoms with Crippen molar-refractivity contribution in [3.8, 4) is 0 Å². The molecule has 0 N–H and O–H groups in total. The molecule has 0 saturated carbocycles. The van der Waals surface area contributed by atoms with Crippen LogP contribution in [0.25, 0.3) is 0 Å². The minimum Gasteiger partial charge on any atom is -0.460 e. The Bertz CT molecular complexity index is 303. The summed E-state index contributed by atoms with van der Waals surface area (Å²) in [6, 6.07) is 0. The topological polar surface area (TPSA) is 52.6 Å². The van der Waals surface area contributed by atoms with Crippen LogP contribution < -0.4 is 0 Å². The monoisotopic (exact) mass is 254 g/mol. The molecule has 18 heavy (non-hydrogen) atoms. The molecule has 0 rings (SSSR count). The Morgan fingerprint density at radius 2 is 2.06 bits per heavy atom. The van der Waals surface area contributed by atoms with Gasteiger partial charge < -0.3 is 9.47 Å². The van der Waals surface area contributed by atoms with Gasteiger partial charge in [0.25, 0.3) is 6.47 Å². The normalized spacial score (nSPS) is 12.8. The second kappa shape index (κ2) is 10.6. The fourth-order valence-corrected chi connectivity index (χ4v) is 1.45. The van der Waals surface area contributed by atoms with Crippen LogP contribution in [0, 0.1) is 0 Å². The standard InChI is InChI=1S/C14H22O4/c1-4-5-6-9-14(17-11-15)10-7-8-12(2)18-13(3)16/h8,10-12,14H,4-6,9H2,1-3H3/t7?,12-,14+/m0/s1. The fraction of sp³-hybridized carbons (Fsp3) is 0.643. The van der Waals surface area contributed by atoms with Crippen molar-refractivity contribution >= 4 is 12.4 Å². The third-order valence-corrected chi connectivity index (χ3v) is 2.29. The second-order valence-electron chi connectivity index (χ2n) is 4.08. The maximum Gasteiger partial charge on any atom is 0.303 e. The van der Waals surface area contributed by atoms with Crippen molar-refractivity contribution in [3.05, 3.63) is 17.9 Å². The van der Waals surface area contributed by atoms with Gasteiger partial charge in [-0.1, -0.05) is 19.8 Å². The van der Waals surface area contributed by atoms with Crippen LogP contribution in [0.3, 0.4) is 0 Å². The minimum atomic E-state index is -0.329. The Hall–Kier alpha value is -1.54. The van der Waals surface area contributed by atoms with Gasteiger partial charge in [-0.15, -0.1) is 5.73 Å². The molecule has 2 atom stereocenters. The molecule has 4 heteroatoms. The highest BCUT2D eigenvalue weighted by Gasteiger charge is 2.04. The zero-order chi connectivity index (χ0) is 13.8. The molecule has 0 amide bonds. The minimum absolute atomic E-state index is 0.255. The predicted octanol–water partition coefficient (Wildman–Crippen LogP) is 2.77. The van der Waals surface area contributed by atoms with E-state index in [1.165, 1.54) is 6.92 Å². The Morgan fingerprint density at radius 3 is 2.61 bits per heavy atom. The lowest BCUT2D eigenvalue weighted by atomic mass is 10.1. The molecule has 0 aliphatic carbocycles. The highest BCUT2D eigenvalue weighted by atomic mass is 16.5. The first kappa shape index (κ1) is 16.5. The van der Waals surface area contributed by atoms with E-state index in [4.69, 9.17) is 9.47 Å². The molecule has 0 aromatic carbocycles. The van der Waals surface area contributed by atoms with Crippen molar-refractivity contribution in [2.45, 2.75) is 58.7 Å². The number of rotatable bonds is 9. The molecule has 102 valence electrons. The largest absolute Gasteiger partial charge is 0.460 e. The molecule has 4 nitrogen and oxygen atoms in total. The smallest absolute Gasteiger partial charge is 0.303 e. The number of hydrogen-bond donors (Lipinski definition) is 0. The van der Waals surface area contributed by atoms with Crippen LogP contribution >= 0.6 is 0 Å². The maximum absolute atomic E-state index is 10.7. The van der Waals surface area contributed by atoms with Crippen LogP contribution in [-0.2, 0) is 19.1 Å². The SMILES string of the molecule is CCCCC[C@H](C=C=C[C@H](C)OC(C)=O)OC=O. The molecule has 0 bridgehead atoms. The van der Waals surface area contributed by atoms with Crippen LogP contribution in [-0.4, -0.2) is 24.6 Å². The third kappa shape index (κ3) is 9.67. The van der Waals surface area contributed by atoms with Crippen LogP contribution in [0.1, 0.15) is 46.5 Å². The van der Waals surface area contributed by atoms with E-state index >= 15 is 0 Å². The molecule has 0 aliphatic heterocycles. The third-order valence-electron chi connectivity index (χ3n) is 2.29. The summed E-state index contributed by atoms with van der Waals surface area (Å²) < 4.78 is 9.83. The zero-order valence-electron chi connectivity index (χ0n) is 11.3. The van der Waals surface area contributed by atoms with E-state index in [0.29, 0.717) is 6.47 Å². The summed E-state index contributed by atoms with van der Waals surface area (Å²) in [6.45, 7) is 5.67.